The van der Waals surface area contributed by atoms with Crippen LogP contribution in [-0.2, 0) is 6.67 Å². The maximum absolute atomic E-state index is 9.08. The molecule has 0 amide bonds. The molecule has 1 atom stereocenters. The number of thiocarbonyl (C=S) groups is 1. The van der Waals surface area contributed by atoms with Gasteiger partial charge >= 0.3 is 0 Å². The molecule has 0 aliphatic rings. The van der Waals surface area contributed by atoms with Crippen molar-refractivity contribution in [2.24, 2.45) is 0 Å². The van der Waals surface area contributed by atoms with Crippen molar-refractivity contribution in [2.75, 3.05) is 0 Å². The van der Waals surface area contributed by atoms with Gasteiger partial charge in [-0.05, 0) is 31.3 Å². The summed E-state index contributed by atoms with van der Waals surface area (Å²) in [5, 5.41) is 23.1. The summed E-state index contributed by atoms with van der Waals surface area (Å²) in [6, 6.07) is 7.66. The Morgan fingerprint density at radius 1 is 1.53 bits per heavy atom. The van der Waals surface area contributed by atoms with Crippen molar-refractivity contribution < 1.29 is 5.11 Å². The third-order valence-corrected chi connectivity index (χ3v) is 2.41. The predicted molar refractivity (Wildman–Crippen MR) is 68.1 cm³/mol. The number of aliphatic hydroxyl groups is 1. The highest BCUT2D eigenvalue weighted by Crippen LogP contribution is 2.08. The number of nitrogens with zero attached hydrogens (tertiary/aromatic N) is 3. The van der Waals surface area contributed by atoms with Crippen molar-refractivity contribution >= 4 is 28.4 Å². The standard InChI is InChI=1S/C10H13N5OS/c1-7(16)12-10(17)11-6-15-9-5-3-2-4-8(9)13-14-15/h2-5,7,16H,6H2,1H3,(H2,11,12,17). The van der Waals surface area contributed by atoms with Crippen LogP contribution in [0.15, 0.2) is 24.3 Å². The Bertz CT molecular complexity index is 524. The van der Waals surface area contributed by atoms with E-state index in [0.29, 0.717) is 11.8 Å². The molecule has 0 radical (unpaired) electrons. The lowest BCUT2D eigenvalue weighted by molar-refractivity contribution is 0.179. The number of aliphatic hydroxyl groups excluding tert-OH is 1. The van der Waals surface area contributed by atoms with Crippen LogP contribution in [0.5, 0.6) is 0 Å². The van der Waals surface area contributed by atoms with Gasteiger partial charge in [0.2, 0.25) is 0 Å². The number of nitrogens with one attached hydrogen (secondary N) is 2. The van der Waals surface area contributed by atoms with Crippen LogP contribution in [0.2, 0.25) is 0 Å². The van der Waals surface area contributed by atoms with E-state index in [1.165, 1.54) is 0 Å². The van der Waals surface area contributed by atoms with E-state index >= 15 is 0 Å². The fraction of sp³-hybridized carbons (Fsp3) is 0.300. The van der Waals surface area contributed by atoms with E-state index < -0.39 is 6.23 Å². The third kappa shape index (κ3) is 2.89. The summed E-state index contributed by atoms with van der Waals surface area (Å²) >= 11 is 4.98. The highest BCUT2D eigenvalue weighted by Gasteiger charge is 2.04. The first kappa shape index (κ1) is 11.7. The van der Waals surface area contributed by atoms with E-state index in [0.717, 1.165) is 11.0 Å². The summed E-state index contributed by atoms with van der Waals surface area (Å²) in [6.07, 6.45) is -0.678. The van der Waals surface area contributed by atoms with Gasteiger partial charge in [-0.25, -0.2) is 4.68 Å². The molecule has 1 heterocycles. The molecule has 0 fully saturated rings. The SMILES string of the molecule is CC(O)NC(=S)NCn1nnc2ccccc21. The second-order valence-electron chi connectivity index (χ2n) is 3.56. The molecule has 0 aliphatic heterocycles. The molecule has 3 N–H and O–H groups in total. The molecule has 0 aliphatic carbocycles. The average Bonchev–Trinajstić information content (AvgIpc) is 2.69. The molecule has 1 unspecified atom stereocenters. The van der Waals surface area contributed by atoms with E-state index in [9.17, 15) is 0 Å². The Balaban J connectivity index is 2.02. The van der Waals surface area contributed by atoms with Crippen molar-refractivity contribution in [3.05, 3.63) is 24.3 Å². The summed E-state index contributed by atoms with van der Waals surface area (Å²) in [6.45, 7) is 2.00. The molecule has 17 heavy (non-hydrogen) atoms. The number of hydrogen-bond acceptors (Lipinski definition) is 4. The summed E-state index contributed by atoms with van der Waals surface area (Å²) < 4.78 is 1.70. The van der Waals surface area contributed by atoms with Crippen molar-refractivity contribution in [1.29, 1.82) is 0 Å². The lowest BCUT2D eigenvalue weighted by atomic mass is 10.3. The first-order valence-corrected chi connectivity index (χ1v) is 5.58. The highest BCUT2D eigenvalue weighted by atomic mass is 32.1. The molecule has 7 heteroatoms. The van der Waals surface area contributed by atoms with Gasteiger partial charge in [0.05, 0.1) is 5.52 Å². The van der Waals surface area contributed by atoms with Gasteiger partial charge in [0.15, 0.2) is 5.11 Å². The molecule has 1 aromatic carbocycles. The van der Waals surface area contributed by atoms with Crippen molar-refractivity contribution in [1.82, 2.24) is 25.6 Å². The summed E-state index contributed by atoms with van der Waals surface area (Å²) in [4.78, 5) is 0. The number of benzene rings is 1. The third-order valence-electron chi connectivity index (χ3n) is 2.15. The molecule has 0 bridgehead atoms. The van der Waals surface area contributed by atoms with Crippen molar-refractivity contribution in [3.8, 4) is 0 Å². The van der Waals surface area contributed by atoms with Crippen LogP contribution >= 0.6 is 12.2 Å². The topological polar surface area (TPSA) is 75.0 Å². The maximum Gasteiger partial charge on any atom is 0.169 e. The van der Waals surface area contributed by atoms with E-state index in [4.69, 9.17) is 17.3 Å². The van der Waals surface area contributed by atoms with Crippen molar-refractivity contribution in [2.45, 2.75) is 19.8 Å². The minimum absolute atomic E-state index is 0.375. The maximum atomic E-state index is 9.08. The molecule has 90 valence electrons. The van der Waals surface area contributed by atoms with Crippen LogP contribution in [0.1, 0.15) is 6.92 Å². The molecule has 1 aromatic heterocycles. The monoisotopic (exact) mass is 251 g/mol. The van der Waals surface area contributed by atoms with E-state index in [1.54, 1.807) is 11.6 Å². The molecule has 0 saturated heterocycles. The predicted octanol–water partition coefficient (Wildman–Crippen LogP) is 0.191. The Hall–Kier alpha value is -1.73. The van der Waals surface area contributed by atoms with E-state index in [1.807, 2.05) is 24.3 Å². The Morgan fingerprint density at radius 3 is 3.06 bits per heavy atom. The molecule has 2 aromatic rings. The summed E-state index contributed by atoms with van der Waals surface area (Å²) in [5.41, 5.74) is 1.77. The van der Waals surface area contributed by atoms with Crippen LogP contribution in [-0.4, -0.2) is 31.4 Å². The Kier molecular flexibility index (Phi) is 3.50. The largest absolute Gasteiger partial charge is 0.374 e. The summed E-state index contributed by atoms with van der Waals surface area (Å²) in [5.74, 6) is 0. The van der Waals surface area contributed by atoms with Crippen LogP contribution in [0.3, 0.4) is 0 Å². The fourth-order valence-electron chi connectivity index (χ4n) is 1.42. The number of aromatic nitrogens is 3. The van der Waals surface area contributed by atoms with Crippen LogP contribution in [0.4, 0.5) is 0 Å². The van der Waals surface area contributed by atoms with Gasteiger partial charge in [-0.2, -0.15) is 0 Å². The zero-order valence-corrected chi connectivity index (χ0v) is 10.1. The van der Waals surface area contributed by atoms with Gasteiger partial charge < -0.3 is 15.7 Å². The zero-order valence-electron chi connectivity index (χ0n) is 9.29. The number of hydrogen-bond donors (Lipinski definition) is 3. The van der Waals surface area contributed by atoms with E-state index in [2.05, 4.69) is 20.9 Å². The first-order chi connectivity index (χ1) is 8.16. The number of rotatable bonds is 3. The second-order valence-corrected chi connectivity index (χ2v) is 3.97. The highest BCUT2D eigenvalue weighted by molar-refractivity contribution is 7.80. The van der Waals surface area contributed by atoms with Gasteiger partial charge in [-0.15, -0.1) is 5.10 Å². The smallest absolute Gasteiger partial charge is 0.169 e. The molecule has 0 saturated carbocycles. The fourth-order valence-corrected chi connectivity index (χ4v) is 1.66. The van der Waals surface area contributed by atoms with Gasteiger partial charge in [0.1, 0.15) is 18.4 Å². The molecular weight excluding hydrogens is 238 g/mol. The van der Waals surface area contributed by atoms with Crippen molar-refractivity contribution in [3.63, 3.8) is 0 Å². The quantitative estimate of drug-likeness (QED) is 0.534. The Labute approximate surface area is 104 Å². The molecular formula is C10H13N5OS. The average molecular weight is 251 g/mol. The van der Waals surface area contributed by atoms with Crippen LogP contribution < -0.4 is 10.6 Å². The second kappa shape index (κ2) is 5.07. The van der Waals surface area contributed by atoms with Gasteiger partial charge in [0, 0.05) is 0 Å². The minimum Gasteiger partial charge on any atom is -0.374 e. The van der Waals surface area contributed by atoms with Gasteiger partial charge in [0.25, 0.3) is 0 Å². The van der Waals surface area contributed by atoms with E-state index in [-0.39, 0.29) is 0 Å². The number of para-hydroxylation sites is 1. The first-order valence-electron chi connectivity index (χ1n) is 5.17. The van der Waals surface area contributed by atoms with Crippen LogP contribution in [0.25, 0.3) is 11.0 Å². The molecule has 2 rings (SSSR count). The zero-order chi connectivity index (χ0) is 12.3. The molecule has 6 nitrogen and oxygen atoms in total. The summed E-state index contributed by atoms with van der Waals surface area (Å²) in [7, 11) is 0. The van der Waals surface area contributed by atoms with Crippen LogP contribution in [0, 0.1) is 0 Å². The number of fused-ring (bicyclic) bond motifs is 1. The van der Waals surface area contributed by atoms with Gasteiger partial charge in [-0.1, -0.05) is 17.3 Å². The Morgan fingerprint density at radius 2 is 2.29 bits per heavy atom. The lowest BCUT2D eigenvalue weighted by Gasteiger charge is -2.12. The minimum atomic E-state index is -0.678. The van der Waals surface area contributed by atoms with Gasteiger partial charge in [-0.3, -0.25) is 0 Å². The normalized spacial score (nSPS) is 12.4. The lowest BCUT2D eigenvalue weighted by Crippen LogP contribution is -2.41. The molecule has 0 spiro atoms.